The molecule has 206 valence electrons. The molecule has 36 heavy (non-hydrogen) atoms. The summed E-state index contributed by atoms with van der Waals surface area (Å²) in [5.74, 6) is 1.66. The van der Waals surface area contributed by atoms with Gasteiger partial charge in [0, 0.05) is 5.41 Å². The van der Waals surface area contributed by atoms with Gasteiger partial charge in [-0.1, -0.05) is 88.7 Å². The first kappa shape index (κ1) is 28.4. The molecule has 2 heteroatoms. The molecule has 9 atom stereocenters. The molecule has 0 aromatic rings. The van der Waals surface area contributed by atoms with E-state index in [4.69, 9.17) is 0 Å². The average molecular weight is 499 g/mol. The van der Waals surface area contributed by atoms with Gasteiger partial charge in [0.1, 0.15) is 0 Å². The summed E-state index contributed by atoms with van der Waals surface area (Å²) in [5, 5.41) is 10.8. The molecular formula is C34H58O2. The summed E-state index contributed by atoms with van der Waals surface area (Å²) in [5.41, 5.74) is 2.02. The topological polar surface area (TPSA) is 37.3 Å². The molecule has 4 rings (SSSR count). The molecule has 1 N–H and O–H groups in total. The van der Waals surface area contributed by atoms with Crippen LogP contribution in [0.4, 0.5) is 0 Å². The lowest BCUT2D eigenvalue weighted by atomic mass is 9.37. The van der Waals surface area contributed by atoms with Crippen molar-refractivity contribution >= 4 is 5.78 Å². The fourth-order valence-corrected chi connectivity index (χ4v) is 10.2. The Labute approximate surface area is 223 Å². The van der Waals surface area contributed by atoms with Gasteiger partial charge in [0.15, 0.2) is 5.78 Å². The Bertz CT molecular complexity index is 937. The second-order valence-electron chi connectivity index (χ2n) is 17.0. The number of hydrogen-bond donors (Lipinski definition) is 1. The summed E-state index contributed by atoms with van der Waals surface area (Å²) in [6, 6.07) is 0. The highest BCUT2D eigenvalue weighted by molar-refractivity contribution is 5.97. The first-order valence-corrected chi connectivity index (χ1v) is 15.1. The number of rotatable bonds is 4. The summed E-state index contributed by atoms with van der Waals surface area (Å²) < 4.78 is 0. The van der Waals surface area contributed by atoms with Gasteiger partial charge in [-0.15, -0.1) is 0 Å². The summed E-state index contributed by atoms with van der Waals surface area (Å²) in [6.45, 7) is 29.3. The maximum atomic E-state index is 14.0. The third kappa shape index (κ3) is 3.47. The van der Waals surface area contributed by atoms with Crippen LogP contribution in [0.2, 0.25) is 0 Å². The van der Waals surface area contributed by atoms with Crippen LogP contribution in [0, 0.1) is 55.7 Å². The third-order valence-corrected chi connectivity index (χ3v) is 14.4. The van der Waals surface area contributed by atoms with Gasteiger partial charge in [-0.2, -0.15) is 0 Å². The minimum absolute atomic E-state index is 0.0605. The zero-order chi connectivity index (χ0) is 27.3. The van der Waals surface area contributed by atoms with Crippen LogP contribution in [0.3, 0.4) is 0 Å². The Morgan fingerprint density at radius 1 is 0.972 bits per heavy atom. The van der Waals surface area contributed by atoms with Crippen LogP contribution in [0.15, 0.2) is 11.6 Å². The fourth-order valence-electron chi connectivity index (χ4n) is 10.2. The molecule has 0 aliphatic heterocycles. The number of ketones is 1. The smallest absolute Gasteiger partial charge is 0.162 e. The van der Waals surface area contributed by atoms with E-state index in [0.29, 0.717) is 29.5 Å². The van der Waals surface area contributed by atoms with Crippen molar-refractivity contribution in [2.24, 2.45) is 55.7 Å². The van der Waals surface area contributed by atoms with Gasteiger partial charge in [0.25, 0.3) is 0 Å². The molecule has 2 nitrogen and oxygen atoms in total. The lowest BCUT2D eigenvalue weighted by Crippen LogP contribution is -2.62. The van der Waals surface area contributed by atoms with Crippen molar-refractivity contribution in [1.29, 1.82) is 0 Å². The van der Waals surface area contributed by atoms with Crippen LogP contribution in [-0.2, 0) is 4.79 Å². The minimum Gasteiger partial charge on any atom is -0.393 e. The van der Waals surface area contributed by atoms with Crippen molar-refractivity contribution in [1.82, 2.24) is 0 Å². The molecule has 0 radical (unpaired) electrons. The van der Waals surface area contributed by atoms with E-state index in [-0.39, 0.29) is 39.1 Å². The van der Waals surface area contributed by atoms with Crippen LogP contribution in [0.25, 0.3) is 0 Å². The minimum atomic E-state index is -0.445. The SMILES string of the molecule is CC1CC2(C)C3CCC4(C)C(C)(C(C)(C)[C@@H](C)CCC(C)(C)C)CC[C@@]4(C)C3=CC(=O)C2(C)CC1O. The van der Waals surface area contributed by atoms with Crippen molar-refractivity contribution < 1.29 is 9.90 Å². The van der Waals surface area contributed by atoms with Gasteiger partial charge < -0.3 is 5.11 Å². The number of aliphatic hydroxyl groups is 1. The molecule has 3 fully saturated rings. The summed E-state index contributed by atoms with van der Waals surface area (Å²) in [6.07, 6.45) is 10.7. The van der Waals surface area contributed by atoms with Crippen molar-refractivity contribution in [3.8, 4) is 0 Å². The molecule has 0 aromatic carbocycles. The van der Waals surface area contributed by atoms with Gasteiger partial charge in [-0.05, 0) is 108 Å². The number of carbonyl (C=O) groups excluding carboxylic acids is 1. The van der Waals surface area contributed by atoms with E-state index >= 15 is 0 Å². The molecule has 4 aliphatic rings. The Morgan fingerprint density at radius 3 is 2.17 bits per heavy atom. The Kier molecular flexibility index (Phi) is 6.45. The number of fused-ring (bicyclic) bond motifs is 5. The third-order valence-electron chi connectivity index (χ3n) is 14.4. The van der Waals surface area contributed by atoms with E-state index in [2.05, 4.69) is 89.2 Å². The van der Waals surface area contributed by atoms with Crippen molar-refractivity contribution in [3.63, 3.8) is 0 Å². The first-order chi connectivity index (χ1) is 16.2. The van der Waals surface area contributed by atoms with Crippen molar-refractivity contribution in [2.45, 2.75) is 141 Å². The van der Waals surface area contributed by atoms with Crippen molar-refractivity contribution in [3.05, 3.63) is 11.6 Å². The van der Waals surface area contributed by atoms with E-state index < -0.39 is 5.41 Å². The van der Waals surface area contributed by atoms with Crippen LogP contribution in [0.5, 0.6) is 0 Å². The standard InChI is InChI=1S/C34H58O2/c1-22-20-31(9)24-14-16-34(12)30(8,25(24)19-27(36)32(31,10)21-26(22)35)17-18-33(34,11)29(6,7)23(2)13-15-28(3,4)5/h19,22-24,26,35H,13-18,20-21H2,1-12H3/t22?,23-,24?,26?,30-,31?,32?,33?,34?/m0/s1. The highest BCUT2D eigenvalue weighted by atomic mass is 16.3. The number of aliphatic hydroxyl groups excluding tert-OH is 1. The van der Waals surface area contributed by atoms with Crippen LogP contribution < -0.4 is 0 Å². The van der Waals surface area contributed by atoms with Gasteiger partial charge in [-0.25, -0.2) is 0 Å². The second kappa shape index (κ2) is 8.19. The molecule has 0 heterocycles. The Balaban J connectivity index is 1.75. The predicted octanol–water partition coefficient (Wildman–Crippen LogP) is 9.01. The number of hydrogen-bond acceptors (Lipinski definition) is 2. The zero-order valence-electron chi connectivity index (χ0n) is 25.9. The monoisotopic (exact) mass is 498 g/mol. The summed E-state index contributed by atoms with van der Waals surface area (Å²) >= 11 is 0. The largest absolute Gasteiger partial charge is 0.393 e. The molecule has 0 amide bonds. The van der Waals surface area contributed by atoms with E-state index in [1.807, 2.05) is 0 Å². The molecule has 3 saturated carbocycles. The fraction of sp³-hybridized carbons (Fsp3) is 0.912. The maximum absolute atomic E-state index is 14.0. The quantitative estimate of drug-likeness (QED) is 0.420. The predicted molar refractivity (Wildman–Crippen MR) is 152 cm³/mol. The molecule has 0 aromatic heterocycles. The molecule has 7 unspecified atom stereocenters. The van der Waals surface area contributed by atoms with Gasteiger partial charge in [-0.3, -0.25) is 4.79 Å². The second-order valence-corrected chi connectivity index (χ2v) is 17.0. The van der Waals surface area contributed by atoms with E-state index in [1.54, 1.807) is 0 Å². The van der Waals surface area contributed by atoms with Crippen molar-refractivity contribution in [2.75, 3.05) is 0 Å². The summed E-state index contributed by atoms with van der Waals surface area (Å²) in [7, 11) is 0. The molecular weight excluding hydrogens is 440 g/mol. The Hall–Kier alpha value is -0.630. The van der Waals surface area contributed by atoms with Gasteiger partial charge in [0.2, 0.25) is 0 Å². The van der Waals surface area contributed by atoms with E-state index in [0.717, 1.165) is 6.42 Å². The first-order valence-electron chi connectivity index (χ1n) is 15.1. The van der Waals surface area contributed by atoms with E-state index in [1.165, 1.54) is 44.1 Å². The molecule has 0 bridgehead atoms. The van der Waals surface area contributed by atoms with Gasteiger partial charge in [0.05, 0.1) is 6.10 Å². The maximum Gasteiger partial charge on any atom is 0.162 e. The Morgan fingerprint density at radius 2 is 1.58 bits per heavy atom. The average Bonchev–Trinajstić information content (AvgIpc) is 2.98. The van der Waals surface area contributed by atoms with Gasteiger partial charge >= 0.3 is 0 Å². The molecule has 0 saturated heterocycles. The number of allylic oxidation sites excluding steroid dienone is 2. The number of carbonyl (C=O) groups is 1. The lowest BCUT2D eigenvalue weighted by molar-refractivity contribution is -0.165. The highest BCUT2D eigenvalue weighted by Crippen LogP contribution is 2.79. The van der Waals surface area contributed by atoms with Crippen LogP contribution in [0.1, 0.15) is 134 Å². The lowest BCUT2D eigenvalue weighted by Gasteiger charge is -2.67. The highest BCUT2D eigenvalue weighted by Gasteiger charge is 2.72. The molecule has 4 aliphatic carbocycles. The van der Waals surface area contributed by atoms with Crippen LogP contribution >= 0.6 is 0 Å². The zero-order valence-corrected chi connectivity index (χ0v) is 25.9. The van der Waals surface area contributed by atoms with Crippen LogP contribution in [-0.4, -0.2) is 17.0 Å². The summed E-state index contributed by atoms with van der Waals surface area (Å²) in [4.78, 5) is 14.0. The van der Waals surface area contributed by atoms with E-state index in [9.17, 15) is 9.90 Å². The normalized spacial score (nSPS) is 48.1. The molecule has 0 spiro atoms.